The molecule has 0 bridgehead atoms. The normalized spacial score (nSPS) is 10.7. The van der Waals surface area contributed by atoms with Crippen LogP contribution in [-0.4, -0.2) is 11.6 Å². The lowest BCUT2D eigenvalue weighted by atomic mass is 9.95. The first-order chi connectivity index (χ1) is 18.6. The van der Waals surface area contributed by atoms with E-state index in [-0.39, 0.29) is 11.6 Å². The van der Waals surface area contributed by atoms with E-state index in [0.29, 0.717) is 0 Å². The van der Waals surface area contributed by atoms with Crippen molar-refractivity contribution >= 4 is 11.6 Å². The maximum atomic E-state index is 12.5. The van der Waals surface area contributed by atoms with Crippen molar-refractivity contribution in [2.75, 3.05) is 0 Å². The summed E-state index contributed by atoms with van der Waals surface area (Å²) < 4.78 is 0. The summed E-state index contributed by atoms with van der Waals surface area (Å²) in [5.41, 5.74) is 12.1. The Kier molecular flexibility index (Phi) is 10.8. The van der Waals surface area contributed by atoms with Gasteiger partial charge in [0.25, 0.3) is 0 Å². The lowest BCUT2D eigenvalue weighted by molar-refractivity contribution is 0.102. The summed E-state index contributed by atoms with van der Waals surface area (Å²) in [6, 6.07) is 23.1. The number of ketones is 2. The van der Waals surface area contributed by atoms with Gasteiger partial charge in [0.15, 0.2) is 11.6 Å². The first-order valence-electron chi connectivity index (χ1n) is 14.2. The van der Waals surface area contributed by atoms with E-state index in [1.807, 2.05) is 65.8 Å². The summed E-state index contributed by atoms with van der Waals surface area (Å²) in [4.78, 5) is 25.0. The van der Waals surface area contributed by atoms with Gasteiger partial charge in [0.1, 0.15) is 0 Å². The minimum Gasteiger partial charge on any atom is -0.289 e. The van der Waals surface area contributed by atoms with Crippen molar-refractivity contribution < 1.29 is 9.59 Å². The topological polar surface area (TPSA) is 34.1 Å². The van der Waals surface area contributed by atoms with E-state index in [0.717, 1.165) is 71.9 Å². The van der Waals surface area contributed by atoms with Crippen LogP contribution < -0.4 is 0 Å². The number of hydrogen-bond acceptors (Lipinski definition) is 2. The maximum Gasteiger partial charge on any atom is 0.188 e. The molecule has 0 aliphatic heterocycles. The van der Waals surface area contributed by atoms with E-state index in [1.165, 1.54) is 27.8 Å². The van der Waals surface area contributed by atoms with Crippen LogP contribution >= 0.6 is 0 Å². The molecule has 204 valence electrons. The molecule has 0 aromatic heterocycles. The molecular formula is C37H44O2. The number of benzene rings is 3. The average molecular weight is 521 g/mol. The van der Waals surface area contributed by atoms with E-state index >= 15 is 0 Å². The Balaban J connectivity index is 1.46. The summed E-state index contributed by atoms with van der Waals surface area (Å²) in [6.07, 6.45) is 6.30. The van der Waals surface area contributed by atoms with Crippen molar-refractivity contribution in [3.05, 3.63) is 128 Å². The van der Waals surface area contributed by atoms with Crippen molar-refractivity contribution in [2.24, 2.45) is 0 Å². The van der Waals surface area contributed by atoms with Gasteiger partial charge in [-0.15, -0.1) is 0 Å². The zero-order valence-electron chi connectivity index (χ0n) is 24.9. The number of aryl methyl sites for hydroxylation is 5. The fraction of sp³-hybridized carbons (Fsp3) is 0.351. The highest BCUT2D eigenvalue weighted by Crippen LogP contribution is 2.19. The van der Waals surface area contributed by atoms with Crippen molar-refractivity contribution in [1.82, 2.24) is 0 Å². The number of rotatable bonds is 12. The van der Waals surface area contributed by atoms with Crippen LogP contribution in [0.25, 0.3) is 0 Å². The predicted octanol–water partition coefficient (Wildman–Crippen LogP) is 9.42. The Labute approximate surface area is 235 Å². The monoisotopic (exact) mass is 520 g/mol. The zero-order valence-corrected chi connectivity index (χ0v) is 24.9. The second-order valence-electron chi connectivity index (χ2n) is 11.3. The predicted molar refractivity (Wildman–Crippen MR) is 165 cm³/mol. The molecule has 0 N–H and O–H groups in total. The number of carbonyl (C=O) groups excluding carboxylic acids is 2. The maximum absolute atomic E-state index is 12.5. The molecule has 0 radical (unpaired) electrons. The van der Waals surface area contributed by atoms with E-state index < -0.39 is 0 Å². The van der Waals surface area contributed by atoms with Crippen LogP contribution in [0.3, 0.4) is 0 Å². The largest absolute Gasteiger partial charge is 0.289 e. The smallest absolute Gasteiger partial charge is 0.188 e. The molecule has 0 aliphatic carbocycles. The van der Waals surface area contributed by atoms with Gasteiger partial charge in [0, 0.05) is 11.1 Å². The van der Waals surface area contributed by atoms with E-state index in [4.69, 9.17) is 0 Å². The SMILES string of the molecule is CC(C)=C(C)C(=O)c1ccc(CCCc2ccc(CCCc3ccc(C(=O)C(C)=C(C)C)cc3)c(C)c2)cc1. The molecule has 0 unspecified atom stereocenters. The highest BCUT2D eigenvalue weighted by atomic mass is 16.1. The van der Waals surface area contributed by atoms with E-state index in [1.54, 1.807) is 0 Å². The van der Waals surface area contributed by atoms with E-state index in [9.17, 15) is 9.59 Å². The van der Waals surface area contributed by atoms with Crippen LogP contribution in [0.5, 0.6) is 0 Å². The lowest BCUT2D eigenvalue weighted by Crippen LogP contribution is -2.02. The number of allylic oxidation sites excluding steroid dienone is 4. The summed E-state index contributed by atoms with van der Waals surface area (Å²) in [7, 11) is 0. The van der Waals surface area contributed by atoms with Crippen molar-refractivity contribution in [3.63, 3.8) is 0 Å². The van der Waals surface area contributed by atoms with Crippen LogP contribution in [0.2, 0.25) is 0 Å². The second kappa shape index (κ2) is 14.0. The molecule has 3 rings (SSSR count). The third-order valence-electron chi connectivity index (χ3n) is 7.86. The zero-order chi connectivity index (χ0) is 28.5. The molecule has 0 aliphatic rings. The Morgan fingerprint density at radius 3 is 1.31 bits per heavy atom. The molecule has 3 aromatic rings. The first-order valence-corrected chi connectivity index (χ1v) is 14.2. The lowest BCUT2D eigenvalue weighted by Gasteiger charge is -2.10. The average Bonchev–Trinajstić information content (AvgIpc) is 2.93. The highest BCUT2D eigenvalue weighted by Gasteiger charge is 2.10. The Morgan fingerprint density at radius 2 is 0.897 bits per heavy atom. The molecule has 0 fully saturated rings. The van der Waals surface area contributed by atoms with Gasteiger partial charge in [-0.3, -0.25) is 9.59 Å². The summed E-state index contributed by atoms with van der Waals surface area (Å²) in [5.74, 6) is 0.244. The van der Waals surface area contributed by atoms with Gasteiger partial charge < -0.3 is 0 Å². The molecule has 0 saturated carbocycles. The van der Waals surface area contributed by atoms with Crippen LogP contribution in [-0.2, 0) is 25.7 Å². The Hall–Kier alpha value is -3.52. The molecule has 39 heavy (non-hydrogen) atoms. The summed E-state index contributed by atoms with van der Waals surface area (Å²) in [6.45, 7) is 13.9. The van der Waals surface area contributed by atoms with Gasteiger partial charge in [0.2, 0.25) is 0 Å². The van der Waals surface area contributed by atoms with Gasteiger partial charge in [-0.2, -0.15) is 0 Å². The van der Waals surface area contributed by atoms with Gasteiger partial charge in [-0.25, -0.2) is 0 Å². The molecular weight excluding hydrogens is 476 g/mol. The Morgan fingerprint density at radius 1 is 0.513 bits per heavy atom. The standard InChI is InChI=1S/C37H44O2/c1-25(2)28(6)36(38)34-20-14-30(15-21-34)10-8-12-32-18-19-33(27(5)24-32)13-9-11-31-16-22-35(23-17-31)37(39)29(7)26(3)4/h14-24H,8-13H2,1-7H3. The van der Waals surface area contributed by atoms with Crippen LogP contribution in [0.15, 0.2) is 89.0 Å². The quantitative estimate of drug-likeness (QED) is 0.176. The van der Waals surface area contributed by atoms with Crippen LogP contribution in [0.1, 0.15) is 103 Å². The summed E-state index contributed by atoms with van der Waals surface area (Å²) >= 11 is 0. The summed E-state index contributed by atoms with van der Waals surface area (Å²) in [5, 5.41) is 0. The van der Waals surface area contributed by atoms with Gasteiger partial charge in [-0.1, -0.05) is 77.9 Å². The fourth-order valence-electron chi connectivity index (χ4n) is 4.71. The minimum atomic E-state index is 0.122. The first kappa shape index (κ1) is 30.0. The van der Waals surface area contributed by atoms with Crippen LogP contribution in [0.4, 0.5) is 0 Å². The molecule has 0 spiro atoms. The molecule has 3 aromatic carbocycles. The molecule has 2 heteroatoms. The van der Waals surface area contributed by atoms with Crippen molar-refractivity contribution in [2.45, 2.75) is 87.0 Å². The molecule has 0 amide bonds. The van der Waals surface area contributed by atoms with Crippen LogP contribution in [0, 0.1) is 6.92 Å². The van der Waals surface area contributed by atoms with E-state index in [2.05, 4.69) is 49.4 Å². The third-order valence-corrected chi connectivity index (χ3v) is 7.86. The van der Waals surface area contributed by atoms with Crippen molar-refractivity contribution in [3.8, 4) is 0 Å². The van der Waals surface area contributed by atoms with Crippen molar-refractivity contribution in [1.29, 1.82) is 0 Å². The molecule has 0 atom stereocenters. The molecule has 0 heterocycles. The second-order valence-corrected chi connectivity index (χ2v) is 11.3. The number of Topliss-reactive ketones (excluding diaryl/α,β-unsaturated/α-hetero) is 2. The van der Waals surface area contributed by atoms with Gasteiger partial charge in [-0.05, 0) is 126 Å². The molecule has 0 saturated heterocycles. The highest BCUT2D eigenvalue weighted by molar-refractivity contribution is 6.09. The Bertz CT molecular complexity index is 1360. The number of hydrogen-bond donors (Lipinski definition) is 0. The van der Waals surface area contributed by atoms with Gasteiger partial charge in [0.05, 0.1) is 0 Å². The fourth-order valence-corrected chi connectivity index (χ4v) is 4.71. The van der Waals surface area contributed by atoms with Gasteiger partial charge >= 0.3 is 0 Å². The third kappa shape index (κ3) is 8.48. The number of carbonyl (C=O) groups is 2. The molecule has 2 nitrogen and oxygen atoms in total. The minimum absolute atomic E-state index is 0.122.